The number of nitrogens with zero attached hydrogens (tertiary/aromatic N) is 3. The Labute approximate surface area is 230 Å². The van der Waals surface area contributed by atoms with E-state index < -0.39 is 17.9 Å². The Kier molecular flexibility index (Phi) is 9.65. The lowest BCUT2D eigenvalue weighted by Gasteiger charge is -2.38. The molecular formula is C29H46N4O3SSi. The second-order valence-corrected chi connectivity index (χ2v) is 19.9. The van der Waals surface area contributed by atoms with Crippen molar-refractivity contribution in [1.29, 1.82) is 0 Å². The molecule has 0 saturated heterocycles. The van der Waals surface area contributed by atoms with Gasteiger partial charge >= 0.3 is 0 Å². The van der Waals surface area contributed by atoms with Crippen LogP contribution in [0.1, 0.15) is 92.7 Å². The van der Waals surface area contributed by atoms with E-state index in [-0.39, 0.29) is 16.8 Å². The number of fused-ring (bicyclic) bond motifs is 1. The molecule has 210 valence electrons. The van der Waals surface area contributed by atoms with Crippen LogP contribution in [-0.4, -0.2) is 49.9 Å². The zero-order valence-electron chi connectivity index (χ0n) is 24.6. The second-order valence-electron chi connectivity index (χ2n) is 12.4. The fraction of sp³-hybridized carbons (Fsp3) is 0.690. The minimum absolute atomic E-state index is 0.0399. The molecule has 2 aromatic heterocycles. The summed E-state index contributed by atoms with van der Waals surface area (Å²) in [5.41, 5.74) is 5.85. The predicted octanol–water partition coefficient (Wildman–Crippen LogP) is 5.49. The van der Waals surface area contributed by atoms with Crippen LogP contribution in [0.5, 0.6) is 0 Å². The first kappa shape index (κ1) is 30.5. The summed E-state index contributed by atoms with van der Waals surface area (Å²) in [4.78, 5) is 22.3. The topological polar surface area (TPSA) is 94.0 Å². The monoisotopic (exact) mass is 558 g/mol. The van der Waals surface area contributed by atoms with E-state index in [2.05, 4.69) is 82.1 Å². The van der Waals surface area contributed by atoms with Crippen LogP contribution in [0, 0.1) is 17.4 Å². The van der Waals surface area contributed by atoms with E-state index >= 15 is 0 Å². The fourth-order valence-electron chi connectivity index (χ4n) is 6.29. The highest BCUT2D eigenvalue weighted by Gasteiger charge is 2.41. The molecule has 2 heterocycles. The van der Waals surface area contributed by atoms with Crippen molar-refractivity contribution in [3.63, 3.8) is 0 Å². The summed E-state index contributed by atoms with van der Waals surface area (Å²) < 4.78 is 26.4. The van der Waals surface area contributed by atoms with Gasteiger partial charge in [-0.2, -0.15) is 4.98 Å². The maximum absolute atomic E-state index is 13.6. The lowest BCUT2D eigenvalue weighted by molar-refractivity contribution is 0.285. The molecule has 1 aliphatic carbocycles. The Hall–Kier alpha value is -2.02. The van der Waals surface area contributed by atoms with Gasteiger partial charge in [-0.3, -0.25) is 9.36 Å². The maximum atomic E-state index is 13.6. The lowest BCUT2D eigenvalue weighted by Crippen LogP contribution is -2.43. The van der Waals surface area contributed by atoms with Gasteiger partial charge in [-0.25, -0.2) is 13.4 Å². The fourth-order valence-corrected chi connectivity index (χ4v) is 12.0. The van der Waals surface area contributed by atoms with Gasteiger partial charge in [-0.1, -0.05) is 61.3 Å². The Morgan fingerprint density at radius 2 is 1.61 bits per heavy atom. The number of sulfone groups is 1. The van der Waals surface area contributed by atoms with Crippen LogP contribution >= 0.6 is 0 Å². The van der Waals surface area contributed by atoms with Gasteiger partial charge in [0.05, 0.1) is 5.39 Å². The summed E-state index contributed by atoms with van der Waals surface area (Å²) in [6.07, 6.45) is 6.22. The molecule has 0 unspecified atom stereocenters. The molecule has 1 N–H and O–H groups in total. The van der Waals surface area contributed by atoms with Crippen LogP contribution in [0.4, 0.5) is 0 Å². The van der Waals surface area contributed by atoms with E-state index in [1.165, 1.54) is 6.20 Å². The van der Waals surface area contributed by atoms with Crippen molar-refractivity contribution in [2.75, 3.05) is 12.8 Å². The number of hydrogen-bond acceptors (Lipinski definition) is 6. The van der Waals surface area contributed by atoms with E-state index in [0.29, 0.717) is 45.2 Å². The van der Waals surface area contributed by atoms with Crippen molar-refractivity contribution in [1.82, 2.24) is 19.9 Å². The molecule has 1 fully saturated rings. The third-order valence-electron chi connectivity index (χ3n) is 8.26. The summed E-state index contributed by atoms with van der Waals surface area (Å²) in [6, 6.07) is 2.01. The van der Waals surface area contributed by atoms with Gasteiger partial charge in [0, 0.05) is 36.2 Å². The van der Waals surface area contributed by atoms with Crippen molar-refractivity contribution in [3.8, 4) is 11.5 Å². The van der Waals surface area contributed by atoms with Crippen LogP contribution in [-0.2, 0) is 9.84 Å². The molecule has 0 amide bonds. The SMILES string of the molecule is CC(C)CNC1CCC(n2c(=O)cc(C#C[Si](C(C)C)(C(C)C)C(C)C)c3cnc(S(C)(=O)=O)nc32)CC1. The molecule has 0 aliphatic heterocycles. The number of pyridine rings is 1. The quantitative estimate of drug-likeness (QED) is 0.261. The van der Waals surface area contributed by atoms with Crippen LogP contribution in [0.2, 0.25) is 16.6 Å². The first-order valence-corrected chi connectivity index (χ1v) is 18.2. The highest BCUT2D eigenvalue weighted by Crippen LogP contribution is 2.41. The molecule has 38 heavy (non-hydrogen) atoms. The highest BCUT2D eigenvalue weighted by atomic mass is 32.2. The molecule has 0 bridgehead atoms. The zero-order chi connectivity index (χ0) is 28.4. The summed E-state index contributed by atoms with van der Waals surface area (Å²) in [5.74, 6) is 3.98. The van der Waals surface area contributed by atoms with E-state index in [1.54, 1.807) is 10.6 Å². The standard InChI is InChI=1S/C29H46N4O3SSi/c1-19(2)17-30-24-10-12-25(13-11-24)33-27(34)16-23(14-15-38(20(3)4,21(5)6)22(7)8)26-18-31-29(32-28(26)33)37(9,35)36/h16,18-22,24-25,30H,10-13,17H2,1-9H3. The summed E-state index contributed by atoms with van der Waals surface area (Å²) >= 11 is 0. The van der Waals surface area contributed by atoms with Gasteiger partial charge in [0.2, 0.25) is 15.0 Å². The molecular weight excluding hydrogens is 512 g/mol. The van der Waals surface area contributed by atoms with Crippen molar-refractivity contribution >= 4 is 28.9 Å². The van der Waals surface area contributed by atoms with Gasteiger partial charge in [-0.05, 0) is 54.8 Å². The van der Waals surface area contributed by atoms with E-state index in [4.69, 9.17) is 0 Å². The van der Waals surface area contributed by atoms with E-state index in [9.17, 15) is 13.2 Å². The molecule has 9 heteroatoms. The van der Waals surface area contributed by atoms with E-state index in [1.807, 2.05) is 0 Å². The van der Waals surface area contributed by atoms with Crippen LogP contribution in [0.3, 0.4) is 0 Å². The molecule has 7 nitrogen and oxygen atoms in total. The first-order valence-electron chi connectivity index (χ1n) is 14.1. The predicted molar refractivity (Wildman–Crippen MR) is 159 cm³/mol. The van der Waals surface area contributed by atoms with E-state index in [0.717, 1.165) is 38.5 Å². The third kappa shape index (κ3) is 6.40. The molecule has 2 aromatic rings. The smallest absolute Gasteiger partial charge is 0.253 e. The number of aromatic nitrogens is 3. The summed E-state index contributed by atoms with van der Waals surface area (Å²) in [5, 5.41) is 4.02. The normalized spacial score (nSPS) is 19.0. The van der Waals surface area contributed by atoms with Gasteiger partial charge in [0.15, 0.2) is 0 Å². The summed E-state index contributed by atoms with van der Waals surface area (Å²) in [7, 11) is -5.68. The minimum Gasteiger partial charge on any atom is -0.314 e. The third-order valence-corrected chi connectivity index (χ3v) is 15.4. The molecule has 0 spiro atoms. The molecule has 1 aliphatic rings. The molecule has 0 aromatic carbocycles. The zero-order valence-corrected chi connectivity index (χ0v) is 26.4. The largest absolute Gasteiger partial charge is 0.314 e. The van der Waals surface area contributed by atoms with Gasteiger partial charge in [0.25, 0.3) is 5.56 Å². The van der Waals surface area contributed by atoms with Crippen molar-refractivity contribution < 1.29 is 8.42 Å². The number of nitrogens with one attached hydrogen (secondary N) is 1. The Morgan fingerprint density at radius 3 is 2.11 bits per heavy atom. The Morgan fingerprint density at radius 1 is 1.03 bits per heavy atom. The lowest BCUT2D eigenvalue weighted by atomic mass is 9.90. The first-order chi connectivity index (χ1) is 17.7. The van der Waals surface area contributed by atoms with Crippen LogP contribution < -0.4 is 10.9 Å². The molecule has 0 atom stereocenters. The Bertz CT molecular complexity index is 1340. The van der Waals surface area contributed by atoms with Crippen molar-refractivity contribution in [3.05, 3.63) is 28.2 Å². The van der Waals surface area contributed by atoms with Crippen LogP contribution in [0.25, 0.3) is 11.0 Å². The summed E-state index contributed by atoms with van der Waals surface area (Å²) in [6.45, 7) is 18.9. The highest BCUT2D eigenvalue weighted by molar-refractivity contribution is 7.90. The average Bonchev–Trinajstić information content (AvgIpc) is 2.82. The van der Waals surface area contributed by atoms with Gasteiger partial charge < -0.3 is 5.32 Å². The average molecular weight is 559 g/mol. The second kappa shape index (κ2) is 12.0. The molecule has 3 rings (SSSR count). The van der Waals surface area contributed by atoms with Gasteiger partial charge in [-0.15, -0.1) is 5.54 Å². The number of rotatable bonds is 8. The maximum Gasteiger partial charge on any atom is 0.253 e. The van der Waals surface area contributed by atoms with Gasteiger partial charge in [0.1, 0.15) is 13.7 Å². The Balaban J connectivity index is 2.15. The molecule has 1 saturated carbocycles. The van der Waals surface area contributed by atoms with Crippen molar-refractivity contribution in [2.45, 2.75) is 115 Å². The number of hydrogen-bond donors (Lipinski definition) is 1. The molecule has 0 radical (unpaired) electrons. The van der Waals surface area contributed by atoms with Crippen LogP contribution in [0.15, 0.2) is 22.2 Å². The van der Waals surface area contributed by atoms with Crippen molar-refractivity contribution in [2.24, 2.45) is 5.92 Å². The minimum atomic E-state index is -3.64.